The van der Waals surface area contributed by atoms with Crippen molar-refractivity contribution in [1.82, 2.24) is 5.32 Å². The van der Waals surface area contributed by atoms with Crippen LogP contribution < -0.4 is 11.1 Å². The SMILES string of the molecule is C=CCC(C)NC(=O)c1sc2c(C)cccc2c1N. The second-order valence-electron chi connectivity index (χ2n) is 4.70. The van der Waals surface area contributed by atoms with Crippen LogP contribution in [0.15, 0.2) is 30.9 Å². The molecule has 0 fully saturated rings. The number of nitrogens with one attached hydrogen (secondary N) is 1. The van der Waals surface area contributed by atoms with E-state index in [2.05, 4.69) is 11.9 Å². The van der Waals surface area contributed by atoms with Crippen molar-refractivity contribution in [3.05, 3.63) is 41.3 Å². The number of fused-ring (bicyclic) bond motifs is 1. The molecule has 3 N–H and O–H groups in total. The van der Waals surface area contributed by atoms with Gasteiger partial charge in [-0.15, -0.1) is 17.9 Å². The molecule has 3 nitrogen and oxygen atoms in total. The standard InChI is InChI=1S/C15H18N2OS/c1-4-6-10(3)17-15(18)14-12(16)11-8-5-7-9(2)13(11)19-14/h4-5,7-8,10H,1,6,16H2,2-3H3,(H,17,18). The number of rotatable bonds is 4. The first kappa shape index (κ1) is 13.6. The Balaban J connectivity index is 2.35. The Morgan fingerprint density at radius 3 is 2.95 bits per heavy atom. The van der Waals surface area contributed by atoms with Crippen molar-refractivity contribution >= 4 is 33.0 Å². The Hall–Kier alpha value is -1.81. The molecule has 0 aliphatic heterocycles. The molecule has 2 rings (SSSR count). The molecule has 1 atom stereocenters. The topological polar surface area (TPSA) is 55.1 Å². The molecule has 1 amide bonds. The van der Waals surface area contributed by atoms with Gasteiger partial charge in [-0.25, -0.2) is 0 Å². The van der Waals surface area contributed by atoms with Crippen LogP contribution in [-0.2, 0) is 0 Å². The number of carbonyl (C=O) groups excluding carboxylic acids is 1. The van der Waals surface area contributed by atoms with Crippen molar-refractivity contribution < 1.29 is 4.79 Å². The number of thiophene rings is 1. The van der Waals surface area contributed by atoms with Gasteiger partial charge in [0.1, 0.15) is 4.88 Å². The van der Waals surface area contributed by atoms with Crippen LogP contribution >= 0.6 is 11.3 Å². The van der Waals surface area contributed by atoms with Crippen molar-refractivity contribution in [2.45, 2.75) is 26.3 Å². The Morgan fingerprint density at radius 1 is 1.58 bits per heavy atom. The second-order valence-corrected chi connectivity index (χ2v) is 5.72. The minimum absolute atomic E-state index is 0.0655. The van der Waals surface area contributed by atoms with Gasteiger partial charge >= 0.3 is 0 Å². The number of aryl methyl sites for hydroxylation is 1. The molecular formula is C15H18N2OS. The van der Waals surface area contributed by atoms with Crippen LogP contribution in [0.3, 0.4) is 0 Å². The van der Waals surface area contributed by atoms with Gasteiger partial charge in [0.15, 0.2) is 0 Å². The maximum atomic E-state index is 12.2. The highest BCUT2D eigenvalue weighted by Crippen LogP contribution is 2.35. The quantitative estimate of drug-likeness (QED) is 0.839. The van der Waals surface area contributed by atoms with Crippen LogP contribution in [0.2, 0.25) is 0 Å². The zero-order valence-electron chi connectivity index (χ0n) is 11.2. The number of anilines is 1. The lowest BCUT2D eigenvalue weighted by Crippen LogP contribution is -2.31. The summed E-state index contributed by atoms with van der Waals surface area (Å²) in [4.78, 5) is 12.8. The fraction of sp³-hybridized carbons (Fsp3) is 0.267. The summed E-state index contributed by atoms with van der Waals surface area (Å²) in [6.07, 6.45) is 2.54. The highest BCUT2D eigenvalue weighted by Gasteiger charge is 2.18. The minimum Gasteiger partial charge on any atom is -0.397 e. The van der Waals surface area contributed by atoms with Crippen molar-refractivity contribution in [3.8, 4) is 0 Å². The predicted molar refractivity (Wildman–Crippen MR) is 82.7 cm³/mol. The first-order chi connectivity index (χ1) is 9.04. The normalized spacial score (nSPS) is 12.3. The summed E-state index contributed by atoms with van der Waals surface area (Å²) in [5, 5.41) is 3.90. The molecule has 19 heavy (non-hydrogen) atoms. The number of benzene rings is 1. The van der Waals surface area contributed by atoms with Gasteiger partial charge in [-0.05, 0) is 25.8 Å². The number of hydrogen-bond donors (Lipinski definition) is 2. The largest absolute Gasteiger partial charge is 0.397 e. The molecule has 1 aromatic carbocycles. The molecule has 0 radical (unpaired) electrons. The van der Waals surface area contributed by atoms with Gasteiger partial charge in [0.2, 0.25) is 0 Å². The Labute approximate surface area is 117 Å². The zero-order valence-corrected chi connectivity index (χ0v) is 12.0. The van der Waals surface area contributed by atoms with E-state index >= 15 is 0 Å². The molecule has 1 heterocycles. The maximum absolute atomic E-state index is 12.2. The van der Waals surface area contributed by atoms with Gasteiger partial charge in [-0.2, -0.15) is 0 Å². The van der Waals surface area contributed by atoms with Crippen molar-refractivity contribution in [1.29, 1.82) is 0 Å². The number of amides is 1. The molecular weight excluding hydrogens is 256 g/mol. The van der Waals surface area contributed by atoms with Crippen molar-refractivity contribution in [2.24, 2.45) is 0 Å². The molecule has 0 saturated carbocycles. The Kier molecular flexibility index (Phi) is 3.90. The average Bonchev–Trinajstić information content (AvgIpc) is 2.69. The number of carbonyl (C=O) groups is 1. The van der Waals surface area contributed by atoms with E-state index in [9.17, 15) is 4.79 Å². The van der Waals surface area contributed by atoms with Crippen LogP contribution in [0.1, 0.15) is 28.6 Å². The first-order valence-electron chi connectivity index (χ1n) is 6.24. The fourth-order valence-corrected chi connectivity index (χ4v) is 3.14. The molecule has 0 aliphatic carbocycles. The third-order valence-corrected chi connectivity index (χ3v) is 4.41. The van der Waals surface area contributed by atoms with E-state index < -0.39 is 0 Å². The van der Waals surface area contributed by atoms with E-state index in [1.54, 1.807) is 6.08 Å². The Bertz CT molecular complexity index is 630. The maximum Gasteiger partial charge on any atom is 0.263 e. The van der Waals surface area contributed by atoms with Crippen molar-refractivity contribution in [2.75, 3.05) is 5.73 Å². The smallest absolute Gasteiger partial charge is 0.263 e. The van der Waals surface area contributed by atoms with E-state index in [0.29, 0.717) is 10.6 Å². The fourth-order valence-electron chi connectivity index (χ4n) is 2.05. The molecule has 0 saturated heterocycles. The number of nitrogen functional groups attached to an aromatic ring is 1. The van der Waals surface area contributed by atoms with E-state index in [4.69, 9.17) is 5.73 Å². The summed E-state index contributed by atoms with van der Waals surface area (Å²) < 4.78 is 1.08. The van der Waals surface area contributed by atoms with Gasteiger partial charge < -0.3 is 11.1 Å². The summed E-state index contributed by atoms with van der Waals surface area (Å²) >= 11 is 1.46. The van der Waals surface area contributed by atoms with Crippen LogP contribution in [0, 0.1) is 6.92 Å². The van der Waals surface area contributed by atoms with E-state index in [1.807, 2.05) is 32.0 Å². The van der Waals surface area contributed by atoms with Gasteiger partial charge in [-0.3, -0.25) is 4.79 Å². The molecule has 100 valence electrons. The average molecular weight is 274 g/mol. The molecule has 1 aromatic heterocycles. The lowest BCUT2D eigenvalue weighted by Gasteiger charge is -2.10. The molecule has 0 bridgehead atoms. The van der Waals surface area contributed by atoms with Crippen molar-refractivity contribution in [3.63, 3.8) is 0 Å². The molecule has 4 heteroatoms. The Morgan fingerprint density at radius 2 is 2.32 bits per heavy atom. The van der Waals surface area contributed by atoms with Crippen LogP contribution in [0.25, 0.3) is 10.1 Å². The molecule has 1 unspecified atom stereocenters. The lowest BCUT2D eigenvalue weighted by molar-refractivity contribution is 0.0945. The summed E-state index contributed by atoms with van der Waals surface area (Å²) in [5.41, 5.74) is 7.81. The molecule has 0 aliphatic rings. The zero-order chi connectivity index (χ0) is 14.0. The molecule has 0 spiro atoms. The predicted octanol–water partition coefficient (Wildman–Crippen LogP) is 3.49. The summed E-state index contributed by atoms with van der Waals surface area (Å²) in [7, 11) is 0. The number of nitrogens with two attached hydrogens (primary N) is 1. The van der Waals surface area contributed by atoms with E-state index in [0.717, 1.165) is 22.1 Å². The molecule has 2 aromatic rings. The third-order valence-electron chi connectivity index (χ3n) is 3.05. The second kappa shape index (κ2) is 5.45. The first-order valence-corrected chi connectivity index (χ1v) is 7.05. The monoisotopic (exact) mass is 274 g/mol. The third kappa shape index (κ3) is 2.63. The van der Waals surface area contributed by atoms with Crippen LogP contribution in [0.4, 0.5) is 5.69 Å². The highest BCUT2D eigenvalue weighted by molar-refractivity contribution is 7.21. The van der Waals surface area contributed by atoms with Gasteiger partial charge in [0.25, 0.3) is 5.91 Å². The summed E-state index contributed by atoms with van der Waals surface area (Å²) in [6, 6.07) is 6.01. The van der Waals surface area contributed by atoms with Gasteiger partial charge in [0, 0.05) is 16.1 Å². The van der Waals surface area contributed by atoms with E-state index in [1.165, 1.54) is 11.3 Å². The van der Waals surface area contributed by atoms with E-state index in [-0.39, 0.29) is 11.9 Å². The highest BCUT2D eigenvalue weighted by atomic mass is 32.1. The number of hydrogen-bond acceptors (Lipinski definition) is 3. The van der Waals surface area contributed by atoms with Crippen LogP contribution in [-0.4, -0.2) is 11.9 Å². The minimum atomic E-state index is -0.104. The van der Waals surface area contributed by atoms with Gasteiger partial charge in [0.05, 0.1) is 5.69 Å². The lowest BCUT2D eigenvalue weighted by atomic mass is 10.1. The summed E-state index contributed by atoms with van der Waals surface area (Å²) in [6.45, 7) is 7.65. The van der Waals surface area contributed by atoms with Crippen LogP contribution in [0.5, 0.6) is 0 Å². The summed E-state index contributed by atoms with van der Waals surface area (Å²) in [5.74, 6) is -0.104. The van der Waals surface area contributed by atoms with Gasteiger partial charge in [-0.1, -0.05) is 24.3 Å².